The average Bonchev–Trinajstić information content (AvgIpc) is 2.60. The fourth-order valence-corrected chi connectivity index (χ4v) is 2.29. The topological polar surface area (TPSA) is 50.7 Å². The second-order valence-electron chi connectivity index (χ2n) is 6.07. The van der Waals surface area contributed by atoms with Crippen molar-refractivity contribution in [1.29, 1.82) is 0 Å². The molecule has 2 rings (SSSR count). The normalized spacial score (nSPS) is 11.4. The Morgan fingerprint density at radius 2 is 1.96 bits per heavy atom. The van der Waals surface area contributed by atoms with Gasteiger partial charge in [-0.2, -0.15) is 5.10 Å². The van der Waals surface area contributed by atoms with E-state index in [9.17, 15) is 4.79 Å². The number of nitrogens with one attached hydrogen (secondary N) is 1. The van der Waals surface area contributed by atoms with Gasteiger partial charge in [0.1, 0.15) is 5.75 Å². The van der Waals surface area contributed by atoms with E-state index in [1.54, 1.807) is 6.08 Å². The largest absolute Gasteiger partial charge is 0.483 e. The summed E-state index contributed by atoms with van der Waals surface area (Å²) in [5.74, 6) is 0.790. The van der Waals surface area contributed by atoms with Gasteiger partial charge in [-0.3, -0.25) is 4.79 Å². The number of aryl methyl sites for hydroxylation is 1. The summed E-state index contributed by atoms with van der Waals surface area (Å²) >= 11 is 0. The summed E-state index contributed by atoms with van der Waals surface area (Å²) in [6, 6.07) is 15.9. The lowest BCUT2D eigenvalue weighted by atomic mass is 10.0. The van der Waals surface area contributed by atoms with Gasteiger partial charge in [0.25, 0.3) is 5.91 Å². The number of allylic oxidation sites excluding steroid dienone is 1. The maximum absolute atomic E-state index is 11.8. The number of carbonyl (C=O) groups excluding carboxylic acids is 1. The number of amides is 1. The quantitative estimate of drug-likeness (QED) is 0.605. The maximum atomic E-state index is 11.8. The van der Waals surface area contributed by atoms with Crippen LogP contribution in [0.3, 0.4) is 0 Å². The first-order valence-corrected chi connectivity index (χ1v) is 8.33. The van der Waals surface area contributed by atoms with E-state index in [1.165, 1.54) is 6.21 Å². The summed E-state index contributed by atoms with van der Waals surface area (Å²) in [5.41, 5.74) is 5.72. The predicted molar refractivity (Wildman–Crippen MR) is 103 cm³/mol. The molecule has 1 N–H and O–H groups in total. The number of carbonyl (C=O) groups is 1. The Hall–Kier alpha value is -2.88. The lowest BCUT2D eigenvalue weighted by Gasteiger charge is -2.14. The molecule has 0 aliphatic rings. The molecule has 0 aliphatic heterocycles. The molecule has 0 atom stereocenters. The van der Waals surface area contributed by atoms with Gasteiger partial charge in [0.15, 0.2) is 6.61 Å². The van der Waals surface area contributed by atoms with E-state index in [0.29, 0.717) is 5.92 Å². The molecule has 0 saturated heterocycles. The van der Waals surface area contributed by atoms with Gasteiger partial charge < -0.3 is 4.74 Å². The molecule has 4 nitrogen and oxygen atoms in total. The van der Waals surface area contributed by atoms with Crippen molar-refractivity contribution in [3.05, 3.63) is 71.3 Å². The molecule has 130 valence electrons. The number of hydrazone groups is 1. The molecule has 0 spiro atoms. The van der Waals surface area contributed by atoms with Gasteiger partial charge in [-0.05, 0) is 41.7 Å². The van der Waals surface area contributed by atoms with Gasteiger partial charge in [-0.1, -0.05) is 62.4 Å². The van der Waals surface area contributed by atoms with E-state index in [0.717, 1.165) is 22.4 Å². The SMILES string of the molecule is Cc1ccc(C(C)C)c(OCC(=O)NN=CC=Cc2ccccc2)c1. The molecule has 0 fully saturated rings. The molecular formula is C21H24N2O2. The third-order valence-electron chi connectivity index (χ3n) is 3.59. The second-order valence-corrected chi connectivity index (χ2v) is 6.07. The molecule has 0 aliphatic carbocycles. The van der Waals surface area contributed by atoms with Crippen LogP contribution in [0.1, 0.15) is 36.5 Å². The molecule has 2 aromatic rings. The monoisotopic (exact) mass is 336 g/mol. The van der Waals surface area contributed by atoms with Crippen LogP contribution < -0.4 is 10.2 Å². The average molecular weight is 336 g/mol. The Labute approximate surface area is 149 Å². The number of hydrogen-bond acceptors (Lipinski definition) is 3. The summed E-state index contributed by atoms with van der Waals surface area (Å²) in [6.45, 7) is 6.13. The van der Waals surface area contributed by atoms with Crippen molar-refractivity contribution in [2.75, 3.05) is 6.61 Å². The van der Waals surface area contributed by atoms with Crippen molar-refractivity contribution < 1.29 is 9.53 Å². The molecular weight excluding hydrogens is 312 g/mol. The third-order valence-corrected chi connectivity index (χ3v) is 3.59. The molecule has 0 bridgehead atoms. The lowest BCUT2D eigenvalue weighted by Crippen LogP contribution is -2.24. The number of hydrogen-bond donors (Lipinski definition) is 1. The van der Waals surface area contributed by atoms with Crippen molar-refractivity contribution in [2.45, 2.75) is 26.7 Å². The maximum Gasteiger partial charge on any atom is 0.277 e. The lowest BCUT2D eigenvalue weighted by molar-refractivity contribution is -0.123. The van der Waals surface area contributed by atoms with Crippen molar-refractivity contribution in [1.82, 2.24) is 5.43 Å². The highest BCUT2D eigenvalue weighted by Crippen LogP contribution is 2.27. The van der Waals surface area contributed by atoms with Crippen LogP contribution in [0.25, 0.3) is 6.08 Å². The van der Waals surface area contributed by atoms with Gasteiger partial charge >= 0.3 is 0 Å². The number of ether oxygens (including phenoxy) is 1. The van der Waals surface area contributed by atoms with Crippen LogP contribution in [0, 0.1) is 6.92 Å². The minimum atomic E-state index is -0.291. The highest BCUT2D eigenvalue weighted by atomic mass is 16.5. The Morgan fingerprint density at radius 1 is 1.20 bits per heavy atom. The Kier molecular flexibility index (Phi) is 6.96. The zero-order valence-electron chi connectivity index (χ0n) is 14.9. The summed E-state index contributed by atoms with van der Waals surface area (Å²) in [7, 11) is 0. The standard InChI is InChI=1S/C21H24N2O2/c1-16(2)19-12-11-17(3)14-20(19)25-15-21(24)23-22-13-7-10-18-8-5-4-6-9-18/h4-14,16H,15H2,1-3H3,(H,23,24). The van der Waals surface area contributed by atoms with E-state index < -0.39 is 0 Å². The van der Waals surface area contributed by atoms with Crippen LogP contribution in [0.4, 0.5) is 0 Å². The summed E-state index contributed by atoms with van der Waals surface area (Å²) in [4.78, 5) is 11.8. The fourth-order valence-electron chi connectivity index (χ4n) is 2.29. The van der Waals surface area contributed by atoms with Gasteiger partial charge in [-0.15, -0.1) is 0 Å². The van der Waals surface area contributed by atoms with E-state index in [4.69, 9.17) is 4.74 Å². The first-order valence-electron chi connectivity index (χ1n) is 8.33. The van der Waals surface area contributed by atoms with Gasteiger partial charge in [0, 0.05) is 6.21 Å². The summed E-state index contributed by atoms with van der Waals surface area (Å²) in [6.07, 6.45) is 5.22. The van der Waals surface area contributed by atoms with Gasteiger partial charge in [0.2, 0.25) is 0 Å². The van der Waals surface area contributed by atoms with Crippen molar-refractivity contribution >= 4 is 18.2 Å². The number of rotatable bonds is 7. The van der Waals surface area contributed by atoms with E-state index >= 15 is 0 Å². The van der Waals surface area contributed by atoms with Crippen LogP contribution in [0.5, 0.6) is 5.75 Å². The second kappa shape index (κ2) is 9.42. The van der Waals surface area contributed by atoms with E-state index in [1.807, 2.05) is 61.5 Å². The van der Waals surface area contributed by atoms with Crippen LogP contribution in [-0.4, -0.2) is 18.7 Å². The van der Waals surface area contributed by atoms with Crippen LogP contribution in [-0.2, 0) is 4.79 Å². The highest BCUT2D eigenvalue weighted by Gasteiger charge is 2.09. The van der Waals surface area contributed by atoms with E-state index in [-0.39, 0.29) is 12.5 Å². The van der Waals surface area contributed by atoms with Gasteiger partial charge in [-0.25, -0.2) is 5.43 Å². The highest BCUT2D eigenvalue weighted by molar-refractivity contribution is 5.82. The van der Waals surface area contributed by atoms with Crippen molar-refractivity contribution in [3.8, 4) is 5.75 Å². The predicted octanol–water partition coefficient (Wildman–Crippen LogP) is 4.31. The molecule has 0 radical (unpaired) electrons. The smallest absolute Gasteiger partial charge is 0.277 e. The van der Waals surface area contributed by atoms with Gasteiger partial charge in [0.05, 0.1) is 0 Å². The molecule has 1 amide bonds. The number of nitrogens with zero attached hydrogens (tertiary/aromatic N) is 1. The van der Waals surface area contributed by atoms with Crippen LogP contribution in [0.2, 0.25) is 0 Å². The van der Waals surface area contributed by atoms with Crippen LogP contribution >= 0.6 is 0 Å². The Morgan fingerprint density at radius 3 is 2.68 bits per heavy atom. The number of benzene rings is 2. The molecule has 0 heterocycles. The molecule has 25 heavy (non-hydrogen) atoms. The molecule has 0 aromatic heterocycles. The molecule has 2 aromatic carbocycles. The fraction of sp³-hybridized carbons (Fsp3) is 0.238. The summed E-state index contributed by atoms with van der Waals surface area (Å²) < 4.78 is 5.66. The Balaban J connectivity index is 1.82. The first kappa shape index (κ1) is 18.5. The Bertz CT molecular complexity index is 750. The van der Waals surface area contributed by atoms with Crippen molar-refractivity contribution in [2.24, 2.45) is 5.10 Å². The van der Waals surface area contributed by atoms with Crippen LogP contribution in [0.15, 0.2) is 59.7 Å². The zero-order chi connectivity index (χ0) is 18.1. The first-order chi connectivity index (χ1) is 12.1. The minimum absolute atomic E-state index is 0.0666. The summed E-state index contributed by atoms with van der Waals surface area (Å²) in [5, 5.41) is 3.88. The minimum Gasteiger partial charge on any atom is -0.483 e. The molecule has 0 unspecified atom stereocenters. The third kappa shape index (κ3) is 6.26. The zero-order valence-corrected chi connectivity index (χ0v) is 14.9. The van der Waals surface area contributed by atoms with E-state index in [2.05, 4.69) is 24.4 Å². The molecule has 0 saturated carbocycles. The molecule has 4 heteroatoms. The van der Waals surface area contributed by atoms with Crippen molar-refractivity contribution in [3.63, 3.8) is 0 Å².